The molecule has 1 amide bonds. The van der Waals surface area contributed by atoms with Crippen molar-refractivity contribution in [2.75, 3.05) is 5.75 Å². The van der Waals surface area contributed by atoms with E-state index in [2.05, 4.69) is 4.99 Å². The number of nitrogens with zero attached hydrogens (tertiary/aromatic N) is 2. The van der Waals surface area contributed by atoms with Crippen LogP contribution in [-0.4, -0.2) is 38.6 Å². The van der Waals surface area contributed by atoms with Gasteiger partial charge in [-0.05, 0) is 34.6 Å². The number of carbonyl (C=O) groups excluding carboxylic acids is 2. The summed E-state index contributed by atoms with van der Waals surface area (Å²) in [5.41, 5.74) is -0.898. The minimum atomic E-state index is -0.506. The van der Waals surface area contributed by atoms with Gasteiger partial charge in [-0.25, -0.2) is 0 Å². The normalized spacial score (nSPS) is 20.8. The molecule has 0 aromatic carbocycles. The highest BCUT2D eigenvalue weighted by Crippen LogP contribution is 2.38. The van der Waals surface area contributed by atoms with Crippen molar-refractivity contribution >= 4 is 28.5 Å². The van der Waals surface area contributed by atoms with Crippen molar-refractivity contribution in [3.8, 4) is 0 Å². The van der Waals surface area contributed by atoms with Crippen LogP contribution in [0.2, 0.25) is 0 Å². The van der Waals surface area contributed by atoms with Crippen molar-refractivity contribution in [2.24, 2.45) is 4.99 Å². The number of rotatable bonds is 3. The molecule has 1 heterocycles. The zero-order valence-corrected chi connectivity index (χ0v) is 12.8. The van der Waals surface area contributed by atoms with Gasteiger partial charge < -0.3 is 4.90 Å². The molecule has 0 bridgehead atoms. The first-order valence-corrected chi connectivity index (χ1v) is 7.11. The fourth-order valence-corrected chi connectivity index (χ4v) is 3.81. The third kappa shape index (κ3) is 2.94. The molecule has 0 unspecified atom stereocenters. The molecule has 0 fully saturated rings. The van der Waals surface area contributed by atoms with Crippen LogP contribution in [-0.2, 0) is 9.59 Å². The summed E-state index contributed by atoms with van der Waals surface area (Å²) in [4.78, 5) is 29.2. The number of aliphatic imine (C=N–C) groups is 1. The van der Waals surface area contributed by atoms with Crippen molar-refractivity contribution in [3.63, 3.8) is 0 Å². The molecule has 0 radical (unpaired) electrons. The molecule has 0 aromatic heterocycles. The van der Waals surface area contributed by atoms with Gasteiger partial charge in [-0.3, -0.25) is 14.6 Å². The van der Waals surface area contributed by atoms with Gasteiger partial charge in [-0.1, -0.05) is 0 Å². The number of thioether (sulfide) groups is 1. The molecule has 1 aliphatic heterocycles. The lowest BCUT2D eigenvalue weighted by Crippen LogP contribution is -2.54. The number of ketones is 1. The molecular formula is C13H22N2O2S. The van der Waals surface area contributed by atoms with E-state index in [1.807, 2.05) is 27.7 Å². The van der Waals surface area contributed by atoms with E-state index < -0.39 is 11.2 Å². The monoisotopic (exact) mass is 270 g/mol. The van der Waals surface area contributed by atoms with E-state index in [-0.39, 0.29) is 11.7 Å². The summed E-state index contributed by atoms with van der Waals surface area (Å²) < 4.78 is 0. The van der Waals surface area contributed by atoms with Crippen LogP contribution in [0.1, 0.15) is 48.0 Å². The molecule has 5 heteroatoms. The Morgan fingerprint density at radius 3 is 2.17 bits per heavy atom. The first-order valence-electron chi connectivity index (χ1n) is 6.12. The standard InChI is InChI=1S/C13H22N2O2S/c1-9(16)7-8-18-11-12(3,4)15(10(2)17)13(5,6)14-11/h7-8H2,1-6H3. The lowest BCUT2D eigenvalue weighted by atomic mass is 10.0. The summed E-state index contributed by atoms with van der Waals surface area (Å²) in [6, 6.07) is 0. The van der Waals surface area contributed by atoms with Gasteiger partial charge in [0.05, 0.1) is 10.6 Å². The Morgan fingerprint density at radius 1 is 1.22 bits per heavy atom. The maximum Gasteiger partial charge on any atom is 0.222 e. The van der Waals surface area contributed by atoms with E-state index in [1.165, 1.54) is 0 Å². The fourth-order valence-electron chi connectivity index (χ4n) is 2.49. The van der Waals surface area contributed by atoms with Gasteiger partial charge >= 0.3 is 0 Å². The van der Waals surface area contributed by atoms with Crippen LogP contribution >= 0.6 is 11.8 Å². The predicted octanol–water partition coefficient (Wildman–Crippen LogP) is 2.47. The van der Waals surface area contributed by atoms with E-state index in [4.69, 9.17) is 0 Å². The number of Topliss-reactive ketones (excluding diaryl/α,β-unsaturated/α-hetero) is 1. The molecule has 0 saturated heterocycles. The number of carbonyl (C=O) groups is 2. The Hall–Kier alpha value is -0.840. The molecule has 1 rings (SSSR count). The molecule has 0 N–H and O–H groups in total. The average Bonchev–Trinajstić information content (AvgIpc) is 2.30. The van der Waals surface area contributed by atoms with Crippen LogP contribution in [0.5, 0.6) is 0 Å². The summed E-state index contributed by atoms with van der Waals surface area (Å²) in [5.74, 6) is 0.928. The zero-order chi connectivity index (χ0) is 14.1. The summed E-state index contributed by atoms with van der Waals surface area (Å²) in [5, 5.41) is 0.934. The summed E-state index contributed by atoms with van der Waals surface area (Å²) in [6.45, 7) is 11.0. The molecule has 0 spiro atoms. The van der Waals surface area contributed by atoms with Gasteiger partial charge in [-0.15, -0.1) is 11.8 Å². The maximum absolute atomic E-state index is 11.8. The minimum Gasteiger partial charge on any atom is -0.307 e. The second-order valence-corrected chi connectivity index (χ2v) is 6.71. The number of hydrogen-bond donors (Lipinski definition) is 0. The lowest BCUT2D eigenvalue weighted by Gasteiger charge is -2.38. The van der Waals surface area contributed by atoms with Crippen molar-refractivity contribution in [2.45, 2.75) is 59.2 Å². The van der Waals surface area contributed by atoms with Crippen LogP contribution in [0.4, 0.5) is 0 Å². The molecule has 102 valence electrons. The van der Waals surface area contributed by atoms with Crippen molar-refractivity contribution < 1.29 is 9.59 Å². The number of hydrogen-bond acceptors (Lipinski definition) is 4. The second kappa shape index (κ2) is 5.03. The highest BCUT2D eigenvalue weighted by Gasteiger charge is 2.48. The molecule has 0 aromatic rings. The Morgan fingerprint density at radius 2 is 1.78 bits per heavy atom. The Kier molecular flexibility index (Phi) is 4.26. The smallest absolute Gasteiger partial charge is 0.222 e. The first kappa shape index (κ1) is 15.2. The summed E-state index contributed by atoms with van der Waals surface area (Å²) in [6.07, 6.45) is 0.542. The van der Waals surface area contributed by atoms with Crippen LogP contribution < -0.4 is 0 Å². The quantitative estimate of drug-likeness (QED) is 0.791. The average molecular weight is 270 g/mol. The van der Waals surface area contributed by atoms with Crippen LogP contribution in [0.25, 0.3) is 0 Å². The van der Waals surface area contributed by atoms with Crippen molar-refractivity contribution in [1.82, 2.24) is 4.90 Å². The Labute approximate surface area is 113 Å². The minimum absolute atomic E-state index is 0.0240. The second-order valence-electron chi connectivity index (χ2n) is 5.63. The molecule has 4 nitrogen and oxygen atoms in total. The Bertz CT molecular complexity index is 400. The fraction of sp³-hybridized carbons (Fsp3) is 0.769. The first-order chi connectivity index (χ1) is 8.09. The highest BCUT2D eigenvalue weighted by atomic mass is 32.2. The third-order valence-electron chi connectivity index (χ3n) is 3.01. The maximum atomic E-state index is 11.8. The van der Waals surface area contributed by atoms with E-state index in [1.54, 1.807) is 30.5 Å². The molecule has 1 aliphatic rings. The van der Waals surface area contributed by atoms with E-state index in [0.29, 0.717) is 6.42 Å². The SMILES string of the molecule is CC(=O)CCSC1=NC(C)(C)N(C(C)=O)C1(C)C. The molecule has 18 heavy (non-hydrogen) atoms. The molecule has 0 saturated carbocycles. The zero-order valence-electron chi connectivity index (χ0n) is 12.0. The number of amides is 1. The van der Waals surface area contributed by atoms with Crippen molar-refractivity contribution in [1.29, 1.82) is 0 Å². The van der Waals surface area contributed by atoms with Gasteiger partial charge in [0.2, 0.25) is 5.91 Å². The molecule has 0 atom stereocenters. The van der Waals surface area contributed by atoms with Gasteiger partial charge in [-0.2, -0.15) is 0 Å². The van der Waals surface area contributed by atoms with Gasteiger partial charge in [0.15, 0.2) is 0 Å². The van der Waals surface area contributed by atoms with Crippen LogP contribution in [0, 0.1) is 0 Å². The molecular weight excluding hydrogens is 248 g/mol. The van der Waals surface area contributed by atoms with Gasteiger partial charge in [0.25, 0.3) is 0 Å². The van der Waals surface area contributed by atoms with Gasteiger partial charge in [0, 0.05) is 19.1 Å². The highest BCUT2D eigenvalue weighted by molar-refractivity contribution is 8.14. The van der Waals surface area contributed by atoms with E-state index >= 15 is 0 Å². The Balaban J connectivity index is 2.86. The summed E-state index contributed by atoms with van der Waals surface area (Å²) in [7, 11) is 0. The molecule has 0 aliphatic carbocycles. The van der Waals surface area contributed by atoms with E-state index in [9.17, 15) is 9.59 Å². The largest absolute Gasteiger partial charge is 0.307 e. The summed E-state index contributed by atoms with van der Waals surface area (Å²) >= 11 is 1.58. The topological polar surface area (TPSA) is 49.7 Å². The van der Waals surface area contributed by atoms with Crippen molar-refractivity contribution in [3.05, 3.63) is 0 Å². The predicted molar refractivity (Wildman–Crippen MR) is 75.9 cm³/mol. The van der Waals surface area contributed by atoms with Gasteiger partial charge in [0.1, 0.15) is 11.4 Å². The lowest BCUT2D eigenvalue weighted by molar-refractivity contribution is -0.136. The van der Waals surface area contributed by atoms with E-state index in [0.717, 1.165) is 10.8 Å². The van der Waals surface area contributed by atoms with Crippen LogP contribution in [0.15, 0.2) is 4.99 Å². The third-order valence-corrected chi connectivity index (χ3v) is 4.29. The van der Waals surface area contributed by atoms with Crippen LogP contribution in [0.3, 0.4) is 0 Å².